The van der Waals surface area contributed by atoms with E-state index in [4.69, 9.17) is 11.6 Å². The van der Waals surface area contributed by atoms with Gasteiger partial charge in [-0.05, 0) is 48.6 Å². The van der Waals surface area contributed by atoms with Crippen LogP contribution in [-0.4, -0.2) is 30.8 Å². The Balaban J connectivity index is 1.66. The molecule has 0 bridgehead atoms. The molecule has 0 radical (unpaired) electrons. The molecular weight excluding hydrogens is 422 g/mol. The van der Waals surface area contributed by atoms with Gasteiger partial charge in [-0.15, -0.1) is 0 Å². The second-order valence-corrected chi connectivity index (χ2v) is 9.29. The number of imidazole rings is 1. The molecule has 2 aromatic carbocycles. The zero-order valence-electron chi connectivity index (χ0n) is 16.4. The van der Waals surface area contributed by atoms with Gasteiger partial charge in [0.2, 0.25) is 10.0 Å². The van der Waals surface area contributed by atoms with Gasteiger partial charge in [0.25, 0.3) is 0 Å². The Morgan fingerprint density at radius 2 is 1.80 bits per heavy atom. The number of aromatic nitrogens is 2. The molecule has 1 heterocycles. The second kappa shape index (κ2) is 10.5. The maximum atomic E-state index is 12.7. The van der Waals surface area contributed by atoms with Crippen molar-refractivity contribution in [2.45, 2.75) is 36.6 Å². The van der Waals surface area contributed by atoms with E-state index in [2.05, 4.69) is 9.71 Å². The first-order chi connectivity index (χ1) is 14.5. The maximum absolute atomic E-state index is 12.7. The molecular formula is C22H24ClN3O3S. The Morgan fingerprint density at radius 3 is 2.43 bits per heavy atom. The van der Waals surface area contributed by atoms with E-state index in [0.29, 0.717) is 10.6 Å². The number of hydrogen-bond donors (Lipinski definition) is 1. The van der Waals surface area contributed by atoms with E-state index in [9.17, 15) is 13.2 Å². The van der Waals surface area contributed by atoms with Crippen molar-refractivity contribution in [2.24, 2.45) is 0 Å². The van der Waals surface area contributed by atoms with Crippen LogP contribution in [0.5, 0.6) is 0 Å². The van der Waals surface area contributed by atoms with Gasteiger partial charge in [-0.3, -0.25) is 4.79 Å². The van der Waals surface area contributed by atoms with Gasteiger partial charge in [0.1, 0.15) is 6.29 Å². The predicted molar refractivity (Wildman–Crippen MR) is 117 cm³/mol. The molecule has 0 spiro atoms. The molecule has 1 N–H and O–H groups in total. The first-order valence-corrected chi connectivity index (χ1v) is 11.6. The molecule has 0 amide bonds. The van der Waals surface area contributed by atoms with E-state index < -0.39 is 10.0 Å². The van der Waals surface area contributed by atoms with Crippen LogP contribution in [0.2, 0.25) is 5.02 Å². The molecule has 1 unspecified atom stereocenters. The highest BCUT2D eigenvalue weighted by Crippen LogP contribution is 2.23. The molecule has 0 fully saturated rings. The lowest BCUT2D eigenvalue weighted by molar-refractivity contribution is 0.112. The fourth-order valence-electron chi connectivity index (χ4n) is 3.24. The standard InChI is InChI=1S/C22H24ClN3O3S/c23-21-8-10-22(11-9-21)30(28,29)25-15-20(19-6-4-18(16-27)5-7-19)3-1-2-13-26-14-12-24-17-26/h4-12,14,16-17,20,25H,1-3,13,15H2. The van der Waals surface area contributed by atoms with Crippen molar-refractivity contribution in [1.29, 1.82) is 0 Å². The summed E-state index contributed by atoms with van der Waals surface area (Å²) in [6.07, 6.45) is 8.98. The van der Waals surface area contributed by atoms with Crippen LogP contribution in [0.15, 0.2) is 72.1 Å². The van der Waals surface area contributed by atoms with Crippen LogP contribution >= 0.6 is 11.6 Å². The average Bonchev–Trinajstić information content (AvgIpc) is 3.27. The Hall–Kier alpha value is -2.48. The molecule has 0 aliphatic rings. The maximum Gasteiger partial charge on any atom is 0.240 e. The normalized spacial score (nSPS) is 12.6. The lowest BCUT2D eigenvalue weighted by atomic mass is 9.93. The van der Waals surface area contributed by atoms with Crippen molar-refractivity contribution < 1.29 is 13.2 Å². The smallest absolute Gasteiger partial charge is 0.240 e. The van der Waals surface area contributed by atoms with E-state index in [0.717, 1.165) is 37.7 Å². The summed E-state index contributed by atoms with van der Waals surface area (Å²) in [6.45, 7) is 1.14. The first kappa shape index (κ1) is 22.2. The van der Waals surface area contributed by atoms with Gasteiger partial charge < -0.3 is 4.57 Å². The van der Waals surface area contributed by atoms with Crippen LogP contribution in [-0.2, 0) is 16.6 Å². The summed E-state index contributed by atoms with van der Waals surface area (Å²) in [4.78, 5) is 15.2. The molecule has 0 aliphatic carbocycles. The van der Waals surface area contributed by atoms with E-state index >= 15 is 0 Å². The predicted octanol–water partition coefficient (Wildman–Crippen LogP) is 4.28. The molecule has 0 saturated heterocycles. The highest BCUT2D eigenvalue weighted by molar-refractivity contribution is 7.89. The number of nitrogens with zero attached hydrogens (tertiary/aromatic N) is 2. The summed E-state index contributed by atoms with van der Waals surface area (Å²) in [5.41, 5.74) is 1.60. The van der Waals surface area contributed by atoms with Crippen molar-refractivity contribution in [3.8, 4) is 0 Å². The van der Waals surface area contributed by atoms with E-state index in [1.54, 1.807) is 36.8 Å². The summed E-state index contributed by atoms with van der Waals surface area (Å²) in [5.74, 6) is -0.00411. The van der Waals surface area contributed by atoms with E-state index in [-0.39, 0.29) is 17.4 Å². The quantitative estimate of drug-likeness (QED) is 0.353. The number of unbranched alkanes of at least 4 members (excludes halogenated alkanes) is 1. The minimum atomic E-state index is -3.64. The average molecular weight is 446 g/mol. The number of nitrogens with one attached hydrogen (secondary N) is 1. The van der Waals surface area contributed by atoms with Crippen LogP contribution in [0.1, 0.15) is 41.1 Å². The summed E-state index contributed by atoms with van der Waals surface area (Å²) < 4.78 is 30.1. The van der Waals surface area contributed by atoms with E-state index in [1.165, 1.54) is 12.1 Å². The topological polar surface area (TPSA) is 81.1 Å². The molecule has 3 aromatic rings. The van der Waals surface area contributed by atoms with Crippen molar-refractivity contribution in [3.63, 3.8) is 0 Å². The molecule has 0 saturated carbocycles. The van der Waals surface area contributed by atoms with Crippen molar-refractivity contribution in [2.75, 3.05) is 6.54 Å². The molecule has 30 heavy (non-hydrogen) atoms. The Bertz CT molecular complexity index is 1030. The molecule has 8 heteroatoms. The number of aldehydes is 1. The van der Waals surface area contributed by atoms with Crippen molar-refractivity contribution in [3.05, 3.63) is 83.4 Å². The fourth-order valence-corrected chi connectivity index (χ4v) is 4.45. The van der Waals surface area contributed by atoms with Gasteiger partial charge >= 0.3 is 0 Å². The third-order valence-electron chi connectivity index (χ3n) is 4.97. The number of hydrogen-bond acceptors (Lipinski definition) is 4. The van der Waals surface area contributed by atoms with Gasteiger partial charge in [-0.2, -0.15) is 0 Å². The van der Waals surface area contributed by atoms with Gasteiger partial charge in [0.05, 0.1) is 11.2 Å². The summed E-state index contributed by atoms with van der Waals surface area (Å²) >= 11 is 5.86. The van der Waals surface area contributed by atoms with Crippen LogP contribution in [0.4, 0.5) is 0 Å². The van der Waals surface area contributed by atoms with Gasteiger partial charge in [-0.25, -0.2) is 18.1 Å². The summed E-state index contributed by atoms with van der Waals surface area (Å²) in [7, 11) is -3.64. The first-order valence-electron chi connectivity index (χ1n) is 9.74. The zero-order valence-corrected chi connectivity index (χ0v) is 18.0. The third-order valence-corrected chi connectivity index (χ3v) is 6.66. The SMILES string of the molecule is O=Cc1ccc(C(CCCCn2ccnc2)CNS(=O)(=O)c2ccc(Cl)cc2)cc1. The van der Waals surface area contributed by atoms with Crippen LogP contribution in [0.25, 0.3) is 0 Å². The van der Waals surface area contributed by atoms with Crippen LogP contribution in [0.3, 0.4) is 0 Å². The molecule has 1 aromatic heterocycles. The number of rotatable bonds is 11. The minimum Gasteiger partial charge on any atom is -0.337 e. The summed E-state index contributed by atoms with van der Waals surface area (Å²) in [6, 6.07) is 13.4. The zero-order chi connectivity index (χ0) is 21.4. The third kappa shape index (κ3) is 6.26. The van der Waals surface area contributed by atoms with Crippen LogP contribution < -0.4 is 4.72 Å². The van der Waals surface area contributed by atoms with Crippen molar-refractivity contribution >= 4 is 27.9 Å². The molecule has 0 aliphatic heterocycles. The largest absolute Gasteiger partial charge is 0.337 e. The van der Waals surface area contributed by atoms with Gasteiger partial charge in [-0.1, -0.05) is 42.3 Å². The van der Waals surface area contributed by atoms with Gasteiger partial charge in [0.15, 0.2) is 0 Å². The minimum absolute atomic E-state index is 0.00411. The number of halogens is 1. The lowest BCUT2D eigenvalue weighted by Crippen LogP contribution is -2.28. The molecule has 158 valence electrons. The Morgan fingerprint density at radius 1 is 1.07 bits per heavy atom. The Labute approximate surface area is 182 Å². The van der Waals surface area contributed by atoms with E-state index in [1.807, 2.05) is 22.9 Å². The highest BCUT2D eigenvalue weighted by atomic mass is 35.5. The van der Waals surface area contributed by atoms with Gasteiger partial charge in [0, 0.05) is 36.1 Å². The monoisotopic (exact) mass is 445 g/mol. The number of sulfonamides is 1. The number of carbonyl (C=O) groups excluding carboxylic acids is 1. The molecule has 6 nitrogen and oxygen atoms in total. The lowest BCUT2D eigenvalue weighted by Gasteiger charge is -2.19. The molecule has 3 rings (SSSR count). The second-order valence-electron chi connectivity index (χ2n) is 7.08. The van der Waals surface area contributed by atoms with Crippen molar-refractivity contribution in [1.82, 2.24) is 14.3 Å². The summed E-state index contributed by atoms with van der Waals surface area (Å²) in [5, 5.41) is 0.486. The number of benzene rings is 2. The Kier molecular flexibility index (Phi) is 7.79. The number of aryl methyl sites for hydroxylation is 1. The number of carbonyl (C=O) groups is 1. The fraction of sp³-hybridized carbons (Fsp3) is 0.273. The highest BCUT2D eigenvalue weighted by Gasteiger charge is 2.18. The van der Waals surface area contributed by atoms with Crippen LogP contribution in [0, 0.1) is 0 Å². The molecule has 1 atom stereocenters.